The zero-order chi connectivity index (χ0) is 18.4. The van der Waals surface area contributed by atoms with Crippen molar-refractivity contribution in [3.05, 3.63) is 42.0 Å². The van der Waals surface area contributed by atoms with Gasteiger partial charge in [-0.3, -0.25) is 4.31 Å². The quantitative estimate of drug-likeness (QED) is 0.801. The first-order valence-electron chi connectivity index (χ1n) is 9.01. The minimum absolute atomic E-state index is 0.119. The Morgan fingerprint density at radius 1 is 0.889 bits per heavy atom. The highest BCUT2D eigenvalue weighted by atomic mass is 32.2. The highest BCUT2D eigenvalue weighted by molar-refractivity contribution is 7.92. The van der Waals surface area contributed by atoms with Crippen LogP contribution in [-0.4, -0.2) is 48.1 Å². The van der Waals surface area contributed by atoms with E-state index in [-0.39, 0.29) is 11.7 Å². The minimum Gasteiger partial charge on any atom is -0.454 e. The predicted molar refractivity (Wildman–Crippen MR) is 100 cm³/mol. The fraction of sp³-hybridized carbons (Fsp3) is 0.368. The van der Waals surface area contributed by atoms with Crippen LogP contribution in [0.1, 0.15) is 5.56 Å². The number of sulfonamides is 1. The average molecular weight is 388 g/mol. The molecule has 1 fully saturated rings. The lowest BCUT2D eigenvalue weighted by Gasteiger charge is -2.30. The molecule has 0 unspecified atom stereocenters. The van der Waals surface area contributed by atoms with Crippen LogP contribution in [0, 0.1) is 0 Å². The van der Waals surface area contributed by atoms with Gasteiger partial charge in [0.05, 0.1) is 23.8 Å². The molecule has 3 aliphatic heterocycles. The summed E-state index contributed by atoms with van der Waals surface area (Å²) in [5, 5.41) is 0. The number of hydrogen-bond acceptors (Lipinski definition) is 6. The second-order valence-electron chi connectivity index (χ2n) is 6.75. The third-order valence-corrected chi connectivity index (χ3v) is 7.04. The minimum atomic E-state index is -3.67. The molecule has 0 atom stereocenters. The largest absolute Gasteiger partial charge is 0.454 e. The molecule has 0 N–H and O–H groups in total. The first kappa shape index (κ1) is 16.7. The third kappa shape index (κ3) is 2.80. The van der Waals surface area contributed by atoms with Gasteiger partial charge in [0.2, 0.25) is 6.79 Å². The van der Waals surface area contributed by atoms with Gasteiger partial charge in [0.1, 0.15) is 0 Å². The fourth-order valence-corrected chi connectivity index (χ4v) is 5.28. The summed E-state index contributed by atoms with van der Waals surface area (Å²) in [6.45, 7) is 3.57. The SMILES string of the molecule is O=S(=O)(c1ccc2c(c1)OCO2)N1CCc2ccc(N3CCOCC3)cc21. The maximum atomic E-state index is 13.3. The van der Waals surface area contributed by atoms with E-state index in [0.717, 1.165) is 30.0 Å². The van der Waals surface area contributed by atoms with E-state index in [2.05, 4.69) is 11.0 Å². The summed E-state index contributed by atoms with van der Waals surface area (Å²) in [6.07, 6.45) is 0.711. The number of anilines is 2. The Balaban J connectivity index is 1.50. The number of morpholine rings is 1. The van der Waals surface area contributed by atoms with Crippen LogP contribution in [0.4, 0.5) is 11.4 Å². The van der Waals surface area contributed by atoms with Crippen molar-refractivity contribution in [2.24, 2.45) is 0 Å². The topological polar surface area (TPSA) is 68.3 Å². The molecule has 3 heterocycles. The molecule has 3 aliphatic rings. The first-order chi connectivity index (χ1) is 13.1. The lowest BCUT2D eigenvalue weighted by Crippen LogP contribution is -2.36. The monoisotopic (exact) mass is 388 g/mol. The van der Waals surface area contributed by atoms with Gasteiger partial charge in [0.25, 0.3) is 10.0 Å². The first-order valence-corrected chi connectivity index (χ1v) is 10.4. The van der Waals surface area contributed by atoms with Crippen molar-refractivity contribution < 1.29 is 22.6 Å². The molecule has 1 saturated heterocycles. The molecule has 5 rings (SSSR count). The van der Waals surface area contributed by atoms with Crippen molar-refractivity contribution in [3.63, 3.8) is 0 Å². The zero-order valence-corrected chi connectivity index (χ0v) is 15.6. The van der Waals surface area contributed by atoms with E-state index in [4.69, 9.17) is 14.2 Å². The molecule has 2 aromatic rings. The maximum absolute atomic E-state index is 13.3. The molecule has 0 aromatic heterocycles. The van der Waals surface area contributed by atoms with E-state index in [9.17, 15) is 8.42 Å². The van der Waals surface area contributed by atoms with E-state index >= 15 is 0 Å². The molecule has 8 heteroatoms. The van der Waals surface area contributed by atoms with Crippen LogP contribution in [-0.2, 0) is 21.2 Å². The number of ether oxygens (including phenoxy) is 3. The lowest BCUT2D eigenvalue weighted by molar-refractivity contribution is 0.122. The Morgan fingerprint density at radius 2 is 1.70 bits per heavy atom. The van der Waals surface area contributed by atoms with Gasteiger partial charge in [-0.05, 0) is 36.2 Å². The Bertz CT molecular complexity index is 986. The van der Waals surface area contributed by atoms with Crippen LogP contribution in [0.25, 0.3) is 0 Å². The van der Waals surface area contributed by atoms with Gasteiger partial charge in [-0.1, -0.05) is 6.07 Å². The van der Waals surface area contributed by atoms with Crippen LogP contribution < -0.4 is 18.7 Å². The molecule has 7 nitrogen and oxygen atoms in total. The summed E-state index contributed by atoms with van der Waals surface area (Å²) in [4.78, 5) is 2.45. The maximum Gasteiger partial charge on any atom is 0.264 e. The number of hydrogen-bond donors (Lipinski definition) is 0. The van der Waals surface area contributed by atoms with Crippen LogP contribution in [0.3, 0.4) is 0 Å². The molecular weight excluding hydrogens is 368 g/mol. The molecule has 0 bridgehead atoms. The van der Waals surface area contributed by atoms with E-state index in [1.54, 1.807) is 18.2 Å². The molecule has 0 amide bonds. The summed E-state index contributed by atoms with van der Waals surface area (Å²) in [5.41, 5.74) is 2.85. The van der Waals surface area contributed by atoms with Crippen molar-refractivity contribution in [3.8, 4) is 11.5 Å². The number of nitrogens with zero attached hydrogens (tertiary/aromatic N) is 2. The lowest BCUT2D eigenvalue weighted by atomic mass is 10.1. The van der Waals surface area contributed by atoms with Crippen LogP contribution >= 0.6 is 0 Å². The summed E-state index contributed by atoms with van der Waals surface area (Å²) in [5.74, 6) is 1.04. The predicted octanol–water partition coefficient (Wildman–Crippen LogP) is 2.00. The standard InChI is InChI=1S/C19H20N2O5S/c22-27(23,16-3-4-18-19(12-16)26-13-25-18)21-6-5-14-1-2-15(11-17(14)21)20-7-9-24-10-8-20/h1-4,11-12H,5-10,13H2. The molecule has 2 aromatic carbocycles. The van der Waals surface area contributed by atoms with Crippen molar-refractivity contribution in [1.82, 2.24) is 0 Å². The Labute approximate surface area is 158 Å². The molecule has 0 saturated carbocycles. The van der Waals surface area contributed by atoms with E-state index < -0.39 is 10.0 Å². The third-order valence-electron chi connectivity index (χ3n) is 5.23. The smallest absolute Gasteiger partial charge is 0.264 e. The Kier molecular flexibility index (Phi) is 3.91. The van der Waals surface area contributed by atoms with Crippen LogP contribution in [0.5, 0.6) is 11.5 Å². The zero-order valence-electron chi connectivity index (χ0n) is 14.8. The molecule has 27 heavy (non-hydrogen) atoms. The van der Waals surface area contributed by atoms with Gasteiger partial charge in [-0.15, -0.1) is 0 Å². The normalized spacial score (nSPS) is 18.7. The molecule has 0 radical (unpaired) electrons. The summed E-state index contributed by atoms with van der Waals surface area (Å²) in [7, 11) is -3.67. The summed E-state index contributed by atoms with van der Waals surface area (Å²) < 4.78 is 44.1. The molecule has 0 aliphatic carbocycles. The van der Waals surface area contributed by atoms with Gasteiger partial charge in [-0.2, -0.15) is 0 Å². The van der Waals surface area contributed by atoms with Crippen molar-refractivity contribution in [2.45, 2.75) is 11.3 Å². The molecular formula is C19H20N2O5S. The van der Waals surface area contributed by atoms with Crippen molar-refractivity contribution in [1.29, 1.82) is 0 Å². The van der Waals surface area contributed by atoms with Gasteiger partial charge in [-0.25, -0.2) is 8.42 Å². The Morgan fingerprint density at radius 3 is 2.56 bits per heavy atom. The second kappa shape index (κ2) is 6.31. The average Bonchev–Trinajstić information content (AvgIpc) is 3.34. The number of rotatable bonds is 3. The number of benzene rings is 2. The van der Waals surface area contributed by atoms with Gasteiger partial charge in [0, 0.05) is 31.4 Å². The number of fused-ring (bicyclic) bond motifs is 2. The van der Waals surface area contributed by atoms with Gasteiger partial charge < -0.3 is 19.1 Å². The summed E-state index contributed by atoms with van der Waals surface area (Å²) in [6, 6.07) is 10.9. The van der Waals surface area contributed by atoms with E-state index in [1.807, 2.05) is 12.1 Å². The summed E-state index contributed by atoms with van der Waals surface area (Å²) >= 11 is 0. The van der Waals surface area contributed by atoms with Crippen molar-refractivity contribution >= 4 is 21.4 Å². The highest BCUT2D eigenvalue weighted by Gasteiger charge is 2.32. The van der Waals surface area contributed by atoms with Gasteiger partial charge in [0.15, 0.2) is 11.5 Å². The van der Waals surface area contributed by atoms with E-state index in [0.29, 0.717) is 37.7 Å². The molecule has 0 spiro atoms. The van der Waals surface area contributed by atoms with Crippen LogP contribution in [0.2, 0.25) is 0 Å². The Hall–Kier alpha value is -2.45. The van der Waals surface area contributed by atoms with Gasteiger partial charge >= 0.3 is 0 Å². The second-order valence-corrected chi connectivity index (χ2v) is 8.62. The molecule has 142 valence electrons. The van der Waals surface area contributed by atoms with Crippen molar-refractivity contribution in [2.75, 3.05) is 48.8 Å². The van der Waals surface area contributed by atoms with E-state index in [1.165, 1.54) is 4.31 Å². The van der Waals surface area contributed by atoms with Crippen LogP contribution in [0.15, 0.2) is 41.3 Å². The highest BCUT2D eigenvalue weighted by Crippen LogP contribution is 2.39. The fourth-order valence-electron chi connectivity index (χ4n) is 3.77.